The zero-order valence-electron chi connectivity index (χ0n) is 10.4. The summed E-state index contributed by atoms with van der Waals surface area (Å²) in [5.41, 5.74) is 0.627. The molecule has 0 amide bonds. The number of hydrogen-bond acceptors (Lipinski definition) is 4. The van der Waals surface area contributed by atoms with E-state index in [2.05, 4.69) is 4.74 Å². The van der Waals surface area contributed by atoms with Gasteiger partial charge in [-0.15, -0.1) is 13.2 Å². The lowest BCUT2D eigenvalue weighted by Gasteiger charge is -2.13. The van der Waals surface area contributed by atoms with Crippen LogP contribution in [0.3, 0.4) is 0 Å². The first-order chi connectivity index (χ1) is 8.96. The lowest BCUT2D eigenvalue weighted by molar-refractivity contribution is -0.325. The molecule has 0 unspecified atom stereocenters. The van der Waals surface area contributed by atoms with Gasteiger partial charge in [-0.05, 0) is 24.6 Å². The SMILES string of the molecule is CCOc1cc(CO)ccc1OCCOC(F)(F)F. The molecule has 1 rings (SSSR count). The average Bonchev–Trinajstić information content (AvgIpc) is 2.35. The molecule has 1 aromatic rings. The van der Waals surface area contributed by atoms with E-state index in [1.54, 1.807) is 19.1 Å². The molecule has 0 heterocycles. The molecule has 0 atom stereocenters. The highest BCUT2D eigenvalue weighted by atomic mass is 19.4. The van der Waals surface area contributed by atoms with Crippen molar-refractivity contribution < 1.29 is 32.5 Å². The van der Waals surface area contributed by atoms with Crippen molar-refractivity contribution in [2.24, 2.45) is 0 Å². The van der Waals surface area contributed by atoms with Gasteiger partial charge in [0.2, 0.25) is 0 Å². The van der Waals surface area contributed by atoms with Gasteiger partial charge >= 0.3 is 6.36 Å². The van der Waals surface area contributed by atoms with Gasteiger partial charge in [0, 0.05) is 0 Å². The quantitative estimate of drug-likeness (QED) is 0.780. The molecule has 19 heavy (non-hydrogen) atoms. The summed E-state index contributed by atoms with van der Waals surface area (Å²) >= 11 is 0. The molecule has 108 valence electrons. The number of hydrogen-bond donors (Lipinski definition) is 1. The van der Waals surface area contributed by atoms with E-state index in [4.69, 9.17) is 14.6 Å². The Hall–Kier alpha value is -1.47. The number of halogens is 3. The van der Waals surface area contributed by atoms with Crippen molar-refractivity contribution in [1.82, 2.24) is 0 Å². The number of ether oxygens (including phenoxy) is 3. The highest BCUT2D eigenvalue weighted by molar-refractivity contribution is 5.42. The number of aliphatic hydroxyl groups is 1. The Balaban J connectivity index is 2.56. The van der Waals surface area contributed by atoms with Crippen LogP contribution < -0.4 is 9.47 Å². The second kappa shape index (κ2) is 7.20. The molecule has 0 aliphatic carbocycles. The van der Waals surface area contributed by atoms with Crippen molar-refractivity contribution in [1.29, 1.82) is 0 Å². The maximum absolute atomic E-state index is 11.7. The van der Waals surface area contributed by atoms with E-state index in [0.717, 1.165) is 0 Å². The molecule has 0 aliphatic rings. The van der Waals surface area contributed by atoms with Gasteiger partial charge in [-0.1, -0.05) is 6.07 Å². The van der Waals surface area contributed by atoms with Crippen LogP contribution in [0, 0.1) is 0 Å². The molecule has 0 spiro atoms. The third-order valence-electron chi connectivity index (χ3n) is 2.10. The minimum atomic E-state index is -4.66. The maximum atomic E-state index is 11.7. The molecule has 1 aromatic carbocycles. The summed E-state index contributed by atoms with van der Waals surface area (Å²) in [6, 6.07) is 4.70. The summed E-state index contributed by atoms with van der Waals surface area (Å²) in [5.74, 6) is 0.686. The lowest BCUT2D eigenvalue weighted by Crippen LogP contribution is -2.18. The summed E-state index contributed by atoms with van der Waals surface area (Å²) in [6.07, 6.45) is -4.66. The number of rotatable bonds is 7. The number of aliphatic hydroxyl groups excluding tert-OH is 1. The van der Waals surface area contributed by atoms with Crippen LogP contribution in [0.2, 0.25) is 0 Å². The van der Waals surface area contributed by atoms with Crippen LogP contribution in [0.4, 0.5) is 13.2 Å². The largest absolute Gasteiger partial charge is 0.522 e. The highest BCUT2D eigenvalue weighted by Gasteiger charge is 2.28. The molecule has 4 nitrogen and oxygen atoms in total. The third-order valence-corrected chi connectivity index (χ3v) is 2.10. The zero-order valence-corrected chi connectivity index (χ0v) is 10.4. The van der Waals surface area contributed by atoms with E-state index >= 15 is 0 Å². The fraction of sp³-hybridized carbons (Fsp3) is 0.500. The van der Waals surface area contributed by atoms with E-state index in [1.165, 1.54) is 6.07 Å². The van der Waals surface area contributed by atoms with Crippen molar-refractivity contribution in [2.45, 2.75) is 19.9 Å². The fourth-order valence-electron chi connectivity index (χ4n) is 1.35. The van der Waals surface area contributed by atoms with Crippen LogP contribution in [0.15, 0.2) is 18.2 Å². The van der Waals surface area contributed by atoms with Crippen LogP contribution in [0.25, 0.3) is 0 Å². The van der Waals surface area contributed by atoms with Gasteiger partial charge < -0.3 is 14.6 Å². The first-order valence-corrected chi connectivity index (χ1v) is 5.66. The van der Waals surface area contributed by atoms with Gasteiger partial charge in [-0.2, -0.15) is 0 Å². The molecular formula is C12H15F3O4. The molecule has 0 radical (unpaired) electrons. The van der Waals surface area contributed by atoms with Crippen LogP contribution >= 0.6 is 0 Å². The van der Waals surface area contributed by atoms with Crippen molar-refractivity contribution >= 4 is 0 Å². The summed E-state index contributed by atoms with van der Waals surface area (Å²) in [5, 5.41) is 8.98. The Kier molecular flexibility index (Phi) is 5.91. The summed E-state index contributed by atoms with van der Waals surface area (Å²) in [4.78, 5) is 0. The second-order valence-corrected chi connectivity index (χ2v) is 3.51. The molecule has 0 aromatic heterocycles. The van der Waals surface area contributed by atoms with Crippen LogP contribution in [-0.4, -0.2) is 31.3 Å². The van der Waals surface area contributed by atoms with E-state index in [-0.39, 0.29) is 13.2 Å². The topological polar surface area (TPSA) is 47.9 Å². The summed E-state index contributed by atoms with van der Waals surface area (Å²) < 4.78 is 49.3. The van der Waals surface area contributed by atoms with Gasteiger partial charge in [0.25, 0.3) is 0 Å². The Morgan fingerprint density at radius 3 is 2.42 bits per heavy atom. The minimum Gasteiger partial charge on any atom is -0.490 e. The van der Waals surface area contributed by atoms with Crippen molar-refractivity contribution in [2.75, 3.05) is 19.8 Å². The van der Waals surface area contributed by atoms with Crippen molar-refractivity contribution in [3.8, 4) is 11.5 Å². The van der Waals surface area contributed by atoms with Crippen LogP contribution in [0.1, 0.15) is 12.5 Å². The molecule has 0 fully saturated rings. The first-order valence-electron chi connectivity index (χ1n) is 5.66. The van der Waals surface area contributed by atoms with Crippen LogP contribution in [-0.2, 0) is 11.3 Å². The Morgan fingerprint density at radius 1 is 1.11 bits per heavy atom. The third kappa shape index (κ3) is 5.80. The molecule has 0 aliphatic heterocycles. The molecule has 0 bridgehead atoms. The highest BCUT2D eigenvalue weighted by Crippen LogP contribution is 2.28. The second-order valence-electron chi connectivity index (χ2n) is 3.51. The standard InChI is InChI=1S/C12H15F3O4/c1-2-17-11-7-9(8-16)3-4-10(11)18-5-6-19-12(13,14)15/h3-4,7,16H,2,5-6,8H2,1H3. The summed E-state index contributed by atoms with van der Waals surface area (Å²) in [6.45, 7) is 1.14. The Bertz CT molecular complexity index is 393. The van der Waals surface area contributed by atoms with E-state index in [1.807, 2.05) is 0 Å². The van der Waals surface area contributed by atoms with Crippen molar-refractivity contribution in [3.63, 3.8) is 0 Å². The molecule has 0 saturated heterocycles. The van der Waals surface area contributed by atoms with Gasteiger partial charge in [0.1, 0.15) is 6.61 Å². The average molecular weight is 280 g/mol. The van der Waals surface area contributed by atoms with Crippen molar-refractivity contribution in [3.05, 3.63) is 23.8 Å². The van der Waals surface area contributed by atoms with Gasteiger partial charge in [0.15, 0.2) is 11.5 Å². The Morgan fingerprint density at radius 2 is 1.84 bits per heavy atom. The summed E-state index contributed by atoms with van der Waals surface area (Å²) in [7, 11) is 0. The predicted molar refractivity (Wildman–Crippen MR) is 61.0 cm³/mol. The maximum Gasteiger partial charge on any atom is 0.522 e. The molecule has 0 saturated carbocycles. The monoisotopic (exact) mass is 280 g/mol. The molecule has 7 heteroatoms. The molecule has 1 N–H and O–H groups in total. The predicted octanol–water partition coefficient (Wildman–Crippen LogP) is 2.49. The first kappa shape index (κ1) is 15.6. The van der Waals surface area contributed by atoms with Gasteiger partial charge in [-0.3, -0.25) is 4.74 Å². The van der Waals surface area contributed by atoms with E-state index < -0.39 is 13.0 Å². The zero-order chi connectivity index (χ0) is 14.3. The van der Waals surface area contributed by atoms with E-state index in [0.29, 0.717) is 23.7 Å². The normalized spacial score (nSPS) is 11.4. The number of alkyl halides is 3. The van der Waals surface area contributed by atoms with Crippen LogP contribution in [0.5, 0.6) is 11.5 Å². The number of benzene rings is 1. The van der Waals surface area contributed by atoms with Gasteiger partial charge in [0.05, 0.1) is 19.8 Å². The smallest absolute Gasteiger partial charge is 0.490 e. The minimum absolute atomic E-state index is 0.155. The Labute approximate surface area is 108 Å². The van der Waals surface area contributed by atoms with Gasteiger partial charge in [-0.25, -0.2) is 0 Å². The molecular weight excluding hydrogens is 265 g/mol. The van der Waals surface area contributed by atoms with E-state index in [9.17, 15) is 13.2 Å². The fourth-order valence-corrected chi connectivity index (χ4v) is 1.35. The lowest BCUT2D eigenvalue weighted by atomic mass is 10.2.